The topological polar surface area (TPSA) is 17.1 Å². The van der Waals surface area contributed by atoms with Gasteiger partial charge in [0.25, 0.3) is 0 Å². The molecule has 8 heavy (non-hydrogen) atoms. The van der Waals surface area contributed by atoms with Gasteiger partial charge in [-0.1, -0.05) is 12.8 Å². The molecule has 45 valence electrons. The average molecular weight is 111 g/mol. The van der Waals surface area contributed by atoms with Gasteiger partial charge in [-0.3, -0.25) is 0 Å². The first kappa shape index (κ1) is 5.80. The van der Waals surface area contributed by atoms with E-state index < -0.39 is 0 Å². The lowest BCUT2D eigenvalue weighted by molar-refractivity contribution is -0.111. The van der Waals surface area contributed by atoms with Gasteiger partial charge in [0, 0.05) is 5.92 Å². The van der Waals surface area contributed by atoms with Crippen LogP contribution in [0.15, 0.2) is 0 Å². The number of carbonyl (C=O) groups is 1. The molecule has 0 aromatic rings. The van der Waals surface area contributed by atoms with Gasteiger partial charge in [-0.15, -0.1) is 0 Å². The Kier molecular flexibility index (Phi) is 2.07. The highest BCUT2D eigenvalue weighted by molar-refractivity contribution is 5.53. The Bertz CT molecular complexity index is 72.5. The molecule has 1 unspecified atom stereocenters. The molecule has 1 heteroatoms. The second kappa shape index (κ2) is 2.85. The maximum absolute atomic E-state index is 10.1. The highest BCUT2D eigenvalue weighted by Gasteiger charge is 2.10. The summed E-state index contributed by atoms with van der Waals surface area (Å²) in [5.41, 5.74) is 0. The normalized spacial score (nSPS) is 23.0. The van der Waals surface area contributed by atoms with E-state index >= 15 is 0 Å². The Morgan fingerprint density at radius 3 is 2.88 bits per heavy atom. The zero-order chi connectivity index (χ0) is 5.82. The number of rotatable bonds is 1. The zero-order valence-corrected chi connectivity index (χ0v) is 4.97. The third-order valence-electron chi connectivity index (χ3n) is 1.65. The summed E-state index contributed by atoms with van der Waals surface area (Å²) in [5.74, 6) is 0.351. The number of carbonyl (C=O) groups excluding carboxylic acids is 1. The molecular formula is C7H11O. The summed E-state index contributed by atoms with van der Waals surface area (Å²) >= 11 is 0. The molecule has 1 aliphatic rings. The van der Waals surface area contributed by atoms with E-state index in [1.54, 1.807) is 0 Å². The lowest BCUT2D eigenvalue weighted by Crippen LogP contribution is -2.06. The number of aldehydes is 1. The summed E-state index contributed by atoms with van der Waals surface area (Å²) in [6, 6.07) is 0. The predicted octanol–water partition coefficient (Wildman–Crippen LogP) is 1.58. The Labute approximate surface area is 50.1 Å². The minimum absolute atomic E-state index is 0.351. The van der Waals surface area contributed by atoms with Crippen LogP contribution in [-0.2, 0) is 4.79 Å². The fourth-order valence-electron chi connectivity index (χ4n) is 1.10. The van der Waals surface area contributed by atoms with Gasteiger partial charge in [-0.05, 0) is 19.3 Å². The van der Waals surface area contributed by atoms with Gasteiger partial charge < -0.3 is 4.79 Å². The molecule has 1 radical (unpaired) electrons. The van der Waals surface area contributed by atoms with Crippen molar-refractivity contribution in [2.75, 3.05) is 0 Å². The molecule has 0 aromatic carbocycles. The Hall–Kier alpha value is -0.330. The lowest BCUT2D eigenvalue weighted by atomic mass is 9.91. The lowest BCUT2D eigenvalue weighted by Gasteiger charge is -2.14. The fraction of sp³-hybridized carbons (Fsp3) is 0.714. The molecule has 0 N–H and O–H groups in total. The van der Waals surface area contributed by atoms with Crippen molar-refractivity contribution in [2.24, 2.45) is 5.92 Å². The summed E-state index contributed by atoms with van der Waals surface area (Å²) in [5, 5.41) is 0. The molecule has 0 bridgehead atoms. The van der Waals surface area contributed by atoms with Gasteiger partial charge in [0.1, 0.15) is 6.29 Å². The summed E-state index contributed by atoms with van der Waals surface area (Å²) in [6.07, 6.45) is 7.84. The van der Waals surface area contributed by atoms with Crippen molar-refractivity contribution in [2.45, 2.75) is 25.7 Å². The first-order valence-electron chi connectivity index (χ1n) is 3.20. The summed E-state index contributed by atoms with van der Waals surface area (Å²) < 4.78 is 0. The van der Waals surface area contributed by atoms with E-state index in [1.807, 2.05) is 0 Å². The van der Waals surface area contributed by atoms with Crippen LogP contribution >= 0.6 is 0 Å². The predicted molar refractivity (Wildman–Crippen MR) is 32.3 cm³/mol. The third-order valence-corrected chi connectivity index (χ3v) is 1.65. The van der Waals surface area contributed by atoms with Crippen molar-refractivity contribution >= 4 is 6.29 Å². The van der Waals surface area contributed by atoms with Crippen molar-refractivity contribution in [3.05, 3.63) is 6.42 Å². The molecule has 0 aromatic heterocycles. The van der Waals surface area contributed by atoms with Gasteiger partial charge >= 0.3 is 0 Å². The van der Waals surface area contributed by atoms with Gasteiger partial charge in [0.05, 0.1) is 0 Å². The van der Waals surface area contributed by atoms with Crippen LogP contribution in [-0.4, -0.2) is 6.29 Å². The average Bonchev–Trinajstić information content (AvgIpc) is 1.90. The fourth-order valence-corrected chi connectivity index (χ4v) is 1.10. The van der Waals surface area contributed by atoms with Crippen LogP contribution in [0.4, 0.5) is 0 Å². The molecule has 1 fully saturated rings. The van der Waals surface area contributed by atoms with E-state index in [0.717, 1.165) is 19.1 Å². The SMILES string of the molecule is O=CC1C[CH]CCC1. The van der Waals surface area contributed by atoms with Crippen LogP contribution < -0.4 is 0 Å². The maximum atomic E-state index is 10.1. The molecular weight excluding hydrogens is 100 g/mol. The molecule has 0 saturated heterocycles. The molecule has 1 atom stereocenters. The van der Waals surface area contributed by atoms with Crippen molar-refractivity contribution in [1.29, 1.82) is 0 Å². The standard InChI is InChI=1S/C7H11O/c8-6-7-4-2-1-3-5-7/h2,6-7H,1,3-5H2. The molecule has 0 amide bonds. The van der Waals surface area contributed by atoms with Crippen LogP contribution in [0.2, 0.25) is 0 Å². The van der Waals surface area contributed by atoms with Crippen molar-refractivity contribution in [3.8, 4) is 0 Å². The molecule has 1 nitrogen and oxygen atoms in total. The van der Waals surface area contributed by atoms with Crippen LogP contribution in [0.5, 0.6) is 0 Å². The largest absolute Gasteiger partial charge is 0.303 e. The number of hydrogen-bond donors (Lipinski definition) is 0. The smallest absolute Gasteiger partial charge is 0.123 e. The van der Waals surface area contributed by atoms with Crippen LogP contribution in [0.1, 0.15) is 25.7 Å². The first-order chi connectivity index (χ1) is 3.93. The third kappa shape index (κ3) is 1.32. The van der Waals surface area contributed by atoms with E-state index in [2.05, 4.69) is 6.42 Å². The van der Waals surface area contributed by atoms with Gasteiger partial charge in [0.15, 0.2) is 0 Å². The molecule has 0 aliphatic heterocycles. The Balaban J connectivity index is 2.22. The summed E-state index contributed by atoms with van der Waals surface area (Å²) in [4.78, 5) is 10.1. The second-order valence-electron chi connectivity index (χ2n) is 2.35. The monoisotopic (exact) mass is 111 g/mol. The summed E-state index contributed by atoms with van der Waals surface area (Å²) in [6.45, 7) is 0. The van der Waals surface area contributed by atoms with E-state index in [-0.39, 0.29) is 0 Å². The zero-order valence-electron chi connectivity index (χ0n) is 4.97. The van der Waals surface area contributed by atoms with Crippen LogP contribution in [0.3, 0.4) is 0 Å². The quantitative estimate of drug-likeness (QED) is 0.469. The van der Waals surface area contributed by atoms with E-state index in [4.69, 9.17) is 0 Å². The molecule has 0 heterocycles. The van der Waals surface area contributed by atoms with E-state index in [0.29, 0.717) is 5.92 Å². The first-order valence-corrected chi connectivity index (χ1v) is 3.20. The van der Waals surface area contributed by atoms with Crippen molar-refractivity contribution in [3.63, 3.8) is 0 Å². The summed E-state index contributed by atoms with van der Waals surface area (Å²) in [7, 11) is 0. The molecule has 0 spiro atoms. The minimum atomic E-state index is 0.351. The van der Waals surface area contributed by atoms with E-state index in [9.17, 15) is 4.79 Å². The Morgan fingerprint density at radius 2 is 2.50 bits per heavy atom. The van der Waals surface area contributed by atoms with Crippen molar-refractivity contribution < 1.29 is 4.79 Å². The highest BCUT2D eigenvalue weighted by atomic mass is 16.1. The Morgan fingerprint density at radius 1 is 1.62 bits per heavy atom. The molecule has 1 saturated carbocycles. The molecule has 1 aliphatic carbocycles. The molecule has 1 rings (SSSR count). The maximum Gasteiger partial charge on any atom is 0.123 e. The van der Waals surface area contributed by atoms with Crippen molar-refractivity contribution in [1.82, 2.24) is 0 Å². The van der Waals surface area contributed by atoms with Crippen LogP contribution in [0.25, 0.3) is 0 Å². The highest BCUT2D eigenvalue weighted by Crippen LogP contribution is 2.20. The van der Waals surface area contributed by atoms with Gasteiger partial charge in [-0.25, -0.2) is 0 Å². The second-order valence-corrected chi connectivity index (χ2v) is 2.35. The van der Waals surface area contributed by atoms with Gasteiger partial charge in [-0.2, -0.15) is 0 Å². The number of hydrogen-bond acceptors (Lipinski definition) is 1. The van der Waals surface area contributed by atoms with Crippen LogP contribution in [0, 0.1) is 12.3 Å². The van der Waals surface area contributed by atoms with Gasteiger partial charge in [0.2, 0.25) is 0 Å². The van der Waals surface area contributed by atoms with E-state index in [1.165, 1.54) is 12.8 Å². The minimum Gasteiger partial charge on any atom is -0.303 e.